The van der Waals surface area contributed by atoms with Gasteiger partial charge in [-0.15, -0.1) is 0 Å². The van der Waals surface area contributed by atoms with Gasteiger partial charge in [0.15, 0.2) is 11.6 Å². The Kier molecular flexibility index (Phi) is 2.95. The molecule has 0 spiro atoms. The molecule has 1 amide bonds. The van der Waals surface area contributed by atoms with E-state index < -0.39 is 11.6 Å². The third-order valence-electron chi connectivity index (χ3n) is 1.63. The van der Waals surface area contributed by atoms with E-state index in [0.29, 0.717) is 5.56 Å². The van der Waals surface area contributed by atoms with Crippen molar-refractivity contribution in [3.63, 3.8) is 0 Å². The van der Waals surface area contributed by atoms with Crippen LogP contribution in [0.3, 0.4) is 0 Å². The molecule has 0 unspecified atom stereocenters. The van der Waals surface area contributed by atoms with Crippen LogP contribution >= 0.6 is 0 Å². The molecule has 0 aromatic heterocycles. The largest absolute Gasteiger partial charge is 0.359 e. The molecule has 0 bridgehead atoms. The van der Waals surface area contributed by atoms with E-state index in [-0.39, 0.29) is 12.3 Å². The molecule has 0 heterocycles. The Labute approximate surface area is 74.6 Å². The summed E-state index contributed by atoms with van der Waals surface area (Å²) in [6.07, 6.45) is 0.0632. The van der Waals surface area contributed by atoms with E-state index in [4.69, 9.17) is 0 Å². The first-order chi connectivity index (χ1) is 6.13. The number of carbonyl (C=O) groups is 1. The van der Waals surface area contributed by atoms with Crippen molar-refractivity contribution in [2.45, 2.75) is 6.42 Å². The monoisotopic (exact) mass is 185 g/mol. The number of amides is 1. The third-order valence-corrected chi connectivity index (χ3v) is 1.63. The zero-order chi connectivity index (χ0) is 9.84. The number of rotatable bonds is 2. The zero-order valence-electron chi connectivity index (χ0n) is 7.10. The fraction of sp³-hybridized carbons (Fsp3) is 0.222. The van der Waals surface area contributed by atoms with Gasteiger partial charge < -0.3 is 5.32 Å². The van der Waals surface area contributed by atoms with Crippen molar-refractivity contribution in [1.82, 2.24) is 5.32 Å². The highest BCUT2D eigenvalue weighted by Crippen LogP contribution is 2.08. The quantitative estimate of drug-likeness (QED) is 0.738. The molecular weight excluding hydrogens is 176 g/mol. The van der Waals surface area contributed by atoms with Crippen molar-refractivity contribution in [1.29, 1.82) is 0 Å². The molecule has 1 aromatic carbocycles. The summed E-state index contributed by atoms with van der Waals surface area (Å²) in [7, 11) is 1.49. The molecule has 0 aliphatic carbocycles. The van der Waals surface area contributed by atoms with Crippen LogP contribution in [-0.2, 0) is 11.2 Å². The number of nitrogens with one attached hydrogen (secondary N) is 1. The maximum atomic E-state index is 12.6. The molecule has 0 atom stereocenters. The Morgan fingerprint density at radius 3 is 2.62 bits per heavy atom. The summed E-state index contributed by atoms with van der Waals surface area (Å²) in [4.78, 5) is 10.9. The Morgan fingerprint density at radius 1 is 1.38 bits per heavy atom. The molecule has 0 saturated heterocycles. The molecule has 2 nitrogen and oxygen atoms in total. The van der Waals surface area contributed by atoms with E-state index in [1.54, 1.807) is 0 Å². The molecule has 1 rings (SSSR count). The third kappa shape index (κ3) is 2.50. The molecule has 70 valence electrons. The number of hydrogen-bond acceptors (Lipinski definition) is 1. The van der Waals surface area contributed by atoms with Crippen LogP contribution in [0.2, 0.25) is 0 Å². The minimum absolute atomic E-state index is 0.0632. The van der Waals surface area contributed by atoms with E-state index >= 15 is 0 Å². The lowest BCUT2D eigenvalue weighted by molar-refractivity contribution is -0.119. The molecule has 0 saturated carbocycles. The van der Waals surface area contributed by atoms with E-state index in [0.717, 1.165) is 12.1 Å². The average Bonchev–Trinajstić information content (AvgIpc) is 2.11. The van der Waals surface area contributed by atoms with Gasteiger partial charge >= 0.3 is 0 Å². The smallest absolute Gasteiger partial charge is 0.224 e. The maximum absolute atomic E-state index is 12.6. The van der Waals surface area contributed by atoms with Crippen LogP contribution in [0, 0.1) is 11.6 Å². The predicted octanol–water partition coefficient (Wildman–Crippen LogP) is 1.25. The summed E-state index contributed by atoms with van der Waals surface area (Å²) < 4.78 is 25.1. The standard InChI is InChI=1S/C9H9F2NO/c1-12-9(13)5-6-2-3-7(10)8(11)4-6/h2-4H,5H2,1H3,(H,12,13). The minimum Gasteiger partial charge on any atom is -0.359 e. The van der Waals surface area contributed by atoms with E-state index in [1.807, 2.05) is 0 Å². The Morgan fingerprint density at radius 2 is 2.08 bits per heavy atom. The molecule has 13 heavy (non-hydrogen) atoms. The first kappa shape index (κ1) is 9.64. The van der Waals surface area contributed by atoms with Crippen molar-refractivity contribution < 1.29 is 13.6 Å². The first-order valence-electron chi connectivity index (χ1n) is 3.78. The van der Waals surface area contributed by atoms with Crippen molar-refractivity contribution in [3.05, 3.63) is 35.4 Å². The average molecular weight is 185 g/mol. The van der Waals surface area contributed by atoms with Crippen LogP contribution < -0.4 is 5.32 Å². The molecule has 4 heteroatoms. The molecular formula is C9H9F2NO. The summed E-state index contributed by atoms with van der Waals surface area (Å²) in [6, 6.07) is 3.41. The molecule has 0 radical (unpaired) electrons. The summed E-state index contributed by atoms with van der Waals surface area (Å²) in [5.74, 6) is -2.06. The lowest BCUT2D eigenvalue weighted by Crippen LogP contribution is -2.19. The number of halogens is 2. The molecule has 0 aliphatic rings. The lowest BCUT2D eigenvalue weighted by atomic mass is 10.1. The fourth-order valence-corrected chi connectivity index (χ4v) is 0.923. The Balaban J connectivity index is 2.79. The van der Waals surface area contributed by atoms with E-state index in [9.17, 15) is 13.6 Å². The predicted molar refractivity (Wildman–Crippen MR) is 44.1 cm³/mol. The van der Waals surface area contributed by atoms with Crippen LogP contribution in [0.1, 0.15) is 5.56 Å². The highest BCUT2D eigenvalue weighted by atomic mass is 19.2. The van der Waals surface area contributed by atoms with Crippen LogP contribution in [0.4, 0.5) is 8.78 Å². The van der Waals surface area contributed by atoms with Crippen molar-refractivity contribution in [2.75, 3.05) is 7.05 Å². The topological polar surface area (TPSA) is 29.1 Å². The first-order valence-corrected chi connectivity index (χ1v) is 3.78. The van der Waals surface area contributed by atoms with Gasteiger partial charge in [0.2, 0.25) is 5.91 Å². The second kappa shape index (κ2) is 3.98. The van der Waals surface area contributed by atoms with Crippen LogP contribution in [0.5, 0.6) is 0 Å². The molecule has 1 N–H and O–H groups in total. The summed E-state index contributed by atoms with van der Waals surface area (Å²) in [5, 5.41) is 2.39. The van der Waals surface area contributed by atoms with Gasteiger partial charge in [-0.25, -0.2) is 8.78 Å². The van der Waals surface area contributed by atoms with Crippen molar-refractivity contribution in [2.24, 2.45) is 0 Å². The van der Waals surface area contributed by atoms with Gasteiger partial charge in [-0.3, -0.25) is 4.79 Å². The summed E-state index contributed by atoms with van der Waals surface area (Å²) >= 11 is 0. The fourth-order valence-electron chi connectivity index (χ4n) is 0.923. The van der Waals surface area contributed by atoms with E-state index in [2.05, 4.69) is 5.32 Å². The summed E-state index contributed by atoms with van der Waals surface area (Å²) in [5.41, 5.74) is 0.457. The van der Waals surface area contributed by atoms with Gasteiger partial charge in [-0.1, -0.05) is 6.07 Å². The summed E-state index contributed by atoms with van der Waals surface area (Å²) in [6.45, 7) is 0. The van der Waals surface area contributed by atoms with Crippen LogP contribution in [0.15, 0.2) is 18.2 Å². The molecule has 0 fully saturated rings. The van der Waals surface area contributed by atoms with Gasteiger partial charge in [0, 0.05) is 7.05 Å². The number of benzene rings is 1. The van der Waals surface area contributed by atoms with E-state index in [1.165, 1.54) is 13.1 Å². The second-order valence-electron chi connectivity index (χ2n) is 2.60. The maximum Gasteiger partial charge on any atom is 0.224 e. The van der Waals surface area contributed by atoms with Crippen molar-refractivity contribution >= 4 is 5.91 Å². The minimum atomic E-state index is -0.929. The normalized spacial score (nSPS) is 9.77. The van der Waals surface area contributed by atoms with Crippen molar-refractivity contribution in [3.8, 4) is 0 Å². The Hall–Kier alpha value is -1.45. The second-order valence-corrected chi connectivity index (χ2v) is 2.60. The Bertz CT molecular complexity index is 325. The zero-order valence-corrected chi connectivity index (χ0v) is 7.10. The van der Waals surface area contributed by atoms with Crippen LogP contribution in [0.25, 0.3) is 0 Å². The van der Waals surface area contributed by atoms with Gasteiger partial charge in [-0.05, 0) is 17.7 Å². The number of likely N-dealkylation sites (N-methyl/N-ethyl adjacent to an activating group) is 1. The molecule has 1 aromatic rings. The number of carbonyl (C=O) groups excluding carboxylic acids is 1. The van der Waals surface area contributed by atoms with Gasteiger partial charge in [0.25, 0.3) is 0 Å². The van der Waals surface area contributed by atoms with Crippen LogP contribution in [-0.4, -0.2) is 13.0 Å². The highest BCUT2D eigenvalue weighted by molar-refractivity contribution is 5.78. The molecule has 0 aliphatic heterocycles. The van der Waals surface area contributed by atoms with Gasteiger partial charge in [0.05, 0.1) is 6.42 Å². The lowest BCUT2D eigenvalue weighted by Gasteiger charge is -2.00. The number of hydrogen-bond donors (Lipinski definition) is 1. The SMILES string of the molecule is CNC(=O)Cc1ccc(F)c(F)c1. The van der Waals surface area contributed by atoms with Gasteiger partial charge in [0.1, 0.15) is 0 Å². The highest BCUT2D eigenvalue weighted by Gasteiger charge is 2.05. The van der Waals surface area contributed by atoms with Gasteiger partial charge in [-0.2, -0.15) is 0 Å².